The number of thioether (sulfide) groups is 1. The fourth-order valence-electron chi connectivity index (χ4n) is 3.02. The second kappa shape index (κ2) is 6.48. The summed E-state index contributed by atoms with van der Waals surface area (Å²) in [6.07, 6.45) is 1.51. The zero-order chi connectivity index (χ0) is 17.0. The molecular formula is C12H11N2NaO7S2. The molecule has 12 heteroatoms. The zero-order valence-electron chi connectivity index (χ0n) is 12.7. The molecule has 124 valence electrons. The molecule has 2 aliphatic heterocycles. The molecule has 0 spiro atoms. The molecule has 0 radical (unpaired) electrons. The Bertz CT molecular complexity index is 802. The second-order valence-corrected chi connectivity index (χ2v) is 6.96. The van der Waals surface area contributed by atoms with Gasteiger partial charge in [-0.1, -0.05) is 24.3 Å². The standard InChI is InChI=1S/C12H12N2O7S2.Na/c1-22-12(10(15)16)8-5-3-2-4-7(8)9-6-13(12)11(17)14(9)21-23(18,19)20;/h2-5,9H,6H2,1H3,(H,15,16)(H,18,19,20);/q;+1/p-1. The van der Waals surface area contributed by atoms with Crippen molar-refractivity contribution in [2.45, 2.75) is 10.9 Å². The van der Waals surface area contributed by atoms with Crippen LogP contribution in [0.3, 0.4) is 0 Å². The normalized spacial score (nSPS) is 25.2. The van der Waals surface area contributed by atoms with Crippen LogP contribution in [0.4, 0.5) is 4.79 Å². The molecule has 1 aromatic carbocycles. The molecule has 2 amide bonds. The zero-order valence-corrected chi connectivity index (χ0v) is 16.3. The van der Waals surface area contributed by atoms with Crippen molar-refractivity contribution in [1.29, 1.82) is 0 Å². The maximum Gasteiger partial charge on any atom is 1.00 e. The van der Waals surface area contributed by atoms with Crippen LogP contribution in [0.5, 0.6) is 0 Å². The first kappa shape index (κ1) is 19.5. The van der Waals surface area contributed by atoms with Gasteiger partial charge in [-0.05, 0) is 17.4 Å². The van der Waals surface area contributed by atoms with Crippen LogP contribution in [0.2, 0.25) is 0 Å². The summed E-state index contributed by atoms with van der Waals surface area (Å²) in [4.78, 5) is 23.5. The van der Waals surface area contributed by atoms with Gasteiger partial charge in [0.25, 0.3) is 0 Å². The van der Waals surface area contributed by atoms with Crippen molar-refractivity contribution in [3.8, 4) is 0 Å². The minimum atomic E-state index is -4.94. The molecule has 2 aliphatic rings. The molecule has 0 saturated carbocycles. The third-order valence-electron chi connectivity index (χ3n) is 3.87. The number of aliphatic carboxylic acids is 1. The number of carbonyl (C=O) groups excluding carboxylic acids is 2. The summed E-state index contributed by atoms with van der Waals surface area (Å²) in [6.45, 7) is -0.111. The fraction of sp³-hybridized carbons (Fsp3) is 0.333. The van der Waals surface area contributed by atoms with Crippen molar-refractivity contribution in [2.24, 2.45) is 0 Å². The molecule has 3 rings (SSSR count). The van der Waals surface area contributed by atoms with Gasteiger partial charge in [0.1, 0.15) is 6.04 Å². The Morgan fingerprint density at radius 3 is 2.62 bits per heavy atom. The summed E-state index contributed by atoms with van der Waals surface area (Å²) in [7, 11) is -4.94. The van der Waals surface area contributed by atoms with Gasteiger partial charge in [0, 0.05) is 0 Å². The average molecular weight is 382 g/mol. The third kappa shape index (κ3) is 2.73. The molecule has 0 aromatic heterocycles. The van der Waals surface area contributed by atoms with Crippen molar-refractivity contribution in [3.63, 3.8) is 0 Å². The first-order chi connectivity index (χ1) is 10.7. The molecule has 9 nitrogen and oxygen atoms in total. The Morgan fingerprint density at radius 2 is 2.08 bits per heavy atom. The fourth-order valence-corrected chi connectivity index (χ4v) is 4.33. The molecule has 2 bridgehead atoms. The third-order valence-corrected chi connectivity index (χ3v) is 5.42. The van der Waals surface area contributed by atoms with Crippen LogP contribution >= 0.6 is 11.8 Å². The number of rotatable bonds is 4. The number of hydroxylamine groups is 2. The number of nitrogens with zero attached hydrogens (tertiary/aromatic N) is 2. The Kier molecular flexibility index (Phi) is 5.27. The maximum absolute atomic E-state index is 12.5. The monoisotopic (exact) mass is 382 g/mol. The number of carboxylic acid groups (broad SMARTS) is 1. The van der Waals surface area contributed by atoms with Gasteiger partial charge in [0.05, 0.1) is 12.5 Å². The van der Waals surface area contributed by atoms with E-state index in [1.54, 1.807) is 18.2 Å². The summed E-state index contributed by atoms with van der Waals surface area (Å²) in [5.74, 6) is -1.50. The number of carboxylic acids is 1. The van der Waals surface area contributed by atoms with Crippen LogP contribution in [0.15, 0.2) is 24.3 Å². The van der Waals surface area contributed by atoms with Gasteiger partial charge >= 0.3 is 46.0 Å². The molecule has 1 saturated heterocycles. The summed E-state index contributed by atoms with van der Waals surface area (Å²) in [5, 5.41) is 12.3. The van der Waals surface area contributed by atoms with Crippen LogP contribution in [0.25, 0.3) is 0 Å². The van der Waals surface area contributed by atoms with E-state index in [9.17, 15) is 23.1 Å². The van der Waals surface area contributed by atoms with Crippen molar-refractivity contribution in [1.82, 2.24) is 9.96 Å². The minimum absolute atomic E-state index is 0. The van der Waals surface area contributed by atoms with Crippen LogP contribution in [0.1, 0.15) is 17.2 Å². The summed E-state index contributed by atoms with van der Waals surface area (Å²) >= 11 is 0.876. The van der Waals surface area contributed by atoms with E-state index < -0.39 is 33.3 Å². The van der Waals surface area contributed by atoms with Gasteiger partial charge in [-0.2, -0.15) is 13.5 Å². The van der Waals surface area contributed by atoms with E-state index in [1.165, 1.54) is 12.3 Å². The van der Waals surface area contributed by atoms with Crippen LogP contribution in [-0.2, 0) is 24.3 Å². The summed E-state index contributed by atoms with van der Waals surface area (Å²) in [5.41, 5.74) is 0.718. The predicted octanol–water partition coefficient (Wildman–Crippen LogP) is -3.52. The van der Waals surface area contributed by atoms with Gasteiger partial charge in [-0.3, -0.25) is 9.45 Å². The van der Waals surface area contributed by atoms with E-state index in [0.717, 1.165) is 16.7 Å². The first-order valence-electron chi connectivity index (χ1n) is 6.36. The largest absolute Gasteiger partial charge is 1.00 e. The molecule has 1 N–H and O–H groups in total. The molecule has 24 heavy (non-hydrogen) atoms. The Labute approximate surface area is 164 Å². The van der Waals surface area contributed by atoms with E-state index in [2.05, 4.69) is 4.28 Å². The summed E-state index contributed by atoms with van der Waals surface area (Å²) < 4.78 is 35.2. The van der Waals surface area contributed by atoms with Crippen molar-refractivity contribution in [3.05, 3.63) is 35.4 Å². The molecular weight excluding hydrogens is 371 g/mol. The number of urea groups is 1. The minimum Gasteiger partial charge on any atom is -0.546 e. The topological polar surface area (TPSA) is 127 Å². The van der Waals surface area contributed by atoms with E-state index >= 15 is 0 Å². The number of hydrogen-bond acceptors (Lipinski definition) is 7. The molecule has 1 aromatic rings. The van der Waals surface area contributed by atoms with Crippen LogP contribution in [0, 0.1) is 0 Å². The molecule has 1 fully saturated rings. The smallest absolute Gasteiger partial charge is 0.546 e. The first-order valence-corrected chi connectivity index (χ1v) is 8.95. The van der Waals surface area contributed by atoms with Crippen molar-refractivity contribution in [2.75, 3.05) is 12.8 Å². The maximum atomic E-state index is 12.5. The summed E-state index contributed by atoms with van der Waals surface area (Å²) in [6, 6.07) is 4.50. The average Bonchev–Trinajstić information content (AvgIpc) is 2.75. The van der Waals surface area contributed by atoms with Gasteiger partial charge in [0.2, 0.25) is 0 Å². The number of amides is 2. The Hall–Kier alpha value is -0.820. The van der Waals surface area contributed by atoms with E-state index in [0.29, 0.717) is 16.2 Å². The quantitative estimate of drug-likeness (QED) is 0.419. The van der Waals surface area contributed by atoms with E-state index in [4.69, 9.17) is 4.55 Å². The second-order valence-electron chi connectivity index (χ2n) is 4.96. The molecule has 0 aliphatic carbocycles. The van der Waals surface area contributed by atoms with Gasteiger partial charge in [-0.15, -0.1) is 16.0 Å². The van der Waals surface area contributed by atoms with E-state index in [1.807, 2.05) is 0 Å². The van der Waals surface area contributed by atoms with Gasteiger partial charge in [0.15, 0.2) is 4.87 Å². The predicted molar refractivity (Wildman–Crippen MR) is 76.0 cm³/mol. The van der Waals surface area contributed by atoms with Gasteiger partial charge in [-0.25, -0.2) is 4.79 Å². The molecule has 2 unspecified atom stereocenters. The molecule has 2 atom stereocenters. The van der Waals surface area contributed by atoms with Crippen molar-refractivity contribution >= 4 is 34.2 Å². The Balaban J connectivity index is 0.00000208. The number of benzene rings is 1. The number of hydrogen-bond donors (Lipinski definition) is 1. The van der Waals surface area contributed by atoms with Gasteiger partial charge < -0.3 is 9.90 Å². The van der Waals surface area contributed by atoms with Crippen LogP contribution < -0.4 is 34.7 Å². The number of fused-ring (bicyclic) bond motifs is 4. The molecule has 2 heterocycles. The van der Waals surface area contributed by atoms with E-state index in [-0.39, 0.29) is 36.1 Å². The number of carbonyl (C=O) groups is 2. The Morgan fingerprint density at radius 1 is 1.46 bits per heavy atom. The van der Waals surface area contributed by atoms with Crippen LogP contribution in [-0.4, -0.2) is 47.7 Å². The SMILES string of the molecule is CSC1(C(=O)[O-])c2ccccc2C2CN1C(=O)N2OS(=O)(=O)O.[Na+]. The van der Waals surface area contributed by atoms with Crippen molar-refractivity contribution < 1.29 is 61.5 Å².